The standard InChI is InChI=1S/C27H38ClN3O4S/c1-20(13-16-29-36(34,35)26(2,3)4)19-25(32)30-23-9-11-24(12-10-23)31-17-14-27(33,15-18-31)21-5-7-22(28)8-6-21/h5-12,20,29,33H,13-19H2,1-4H3,(H,30,32). The average molecular weight is 536 g/mol. The number of nitrogens with zero attached hydrogens (tertiary/aromatic N) is 1. The topological polar surface area (TPSA) is 98.7 Å². The van der Waals surface area contributed by atoms with Gasteiger partial charge in [0.2, 0.25) is 15.9 Å². The molecule has 1 fully saturated rings. The van der Waals surface area contributed by atoms with Crippen molar-refractivity contribution in [2.45, 2.75) is 63.7 Å². The summed E-state index contributed by atoms with van der Waals surface area (Å²) in [5.41, 5.74) is 1.81. The van der Waals surface area contributed by atoms with Crippen molar-refractivity contribution in [3.63, 3.8) is 0 Å². The minimum absolute atomic E-state index is 0.0414. The van der Waals surface area contributed by atoms with Gasteiger partial charge in [-0.25, -0.2) is 13.1 Å². The summed E-state index contributed by atoms with van der Waals surface area (Å²) in [5, 5.41) is 14.7. The third-order valence-corrected chi connectivity index (χ3v) is 9.21. The molecule has 0 aliphatic carbocycles. The molecule has 0 spiro atoms. The molecule has 3 N–H and O–H groups in total. The van der Waals surface area contributed by atoms with E-state index in [1.807, 2.05) is 55.5 Å². The Morgan fingerprint density at radius 1 is 1.08 bits per heavy atom. The number of aliphatic hydroxyl groups is 1. The maximum absolute atomic E-state index is 12.5. The van der Waals surface area contributed by atoms with E-state index in [2.05, 4.69) is 14.9 Å². The smallest absolute Gasteiger partial charge is 0.224 e. The quantitative estimate of drug-likeness (QED) is 0.424. The van der Waals surface area contributed by atoms with Gasteiger partial charge in [-0.2, -0.15) is 0 Å². The maximum Gasteiger partial charge on any atom is 0.224 e. The van der Waals surface area contributed by atoms with Crippen LogP contribution in [-0.2, 0) is 20.4 Å². The number of hydrogen-bond acceptors (Lipinski definition) is 5. The lowest BCUT2D eigenvalue weighted by Crippen LogP contribution is -2.42. The average Bonchev–Trinajstić information content (AvgIpc) is 2.79. The second-order valence-corrected chi connectivity index (χ2v) is 13.7. The van der Waals surface area contributed by atoms with Crippen LogP contribution in [0.2, 0.25) is 5.02 Å². The lowest BCUT2D eigenvalue weighted by Gasteiger charge is -2.39. The highest BCUT2D eigenvalue weighted by Crippen LogP contribution is 2.35. The first-order chi connectivity index (χ1) is 16.8. The van der Waals surface area contributed by atoms with Crippen LogP contribution in [0.1, 0.15) is 58.9 Å². The van der Waals surface area contributed by atoms with Crippen molar-refractivity contribution in [1.82, 2.24) is 4.72 Å². The highest BCUT2D eigenvalue weighted by atomic mass is 35.5. The van der Waals surface area contributed by atoms with Gasteiger partial charge in [0.05, 0.1) is 10.3 Å². The van der Waals surface area contributed by atoms with E-state index in [1.54, 1.807) is 20.8 Å². The Morgan fingerprint density at radius 2 is 1.67 bits per heavy atom. The number of rotatable bonds is 9. The summed E-state index contributed by atoms with van der Waals surface area (Å²) < 4.78 is 26.0. The zero-order valence-corrected chi connectivity index (χ0v) is 23.1. The normalized spacial score (nSPS) is 17.0. The lowest BCUT2D eigenvalue weighted by molar-refractivity contribution is -0.117. The van der Waals surface area contributed by atoms with Gasteiger partial charge in [0.25, 0.3) is 0 Å². The molecule has 36 heavy (non-hydrogen) atoms. The molecule has 1 aliphatic heterocycles. The first-order valence-corrected chi connectivity index (χ1v) is 14.3. The Labute approximate surface area is 220 Å². The Hall–Kier alpha value is -2.13. The van der Waals surface area contributed by atoms with Gasteiger partial charge in [-0.15, -0.1) is 0 Å². The maximum atomic E-state index is 12.5. The summed E-state index contributed by atoms with van der Waals surface area (Å²) >= 11 is 5.98. The monoisotopic (exact) mass is 535 g/mol. The molecule has 0 radical (unpaired) electrons. The van der Waals surface area contributed by atoms with Crippen molar-refractivity contribution in [3.8, 4) is 0 Å². The predicted molar refractivity (Wildman–Crippen MR) is 147 cm³/mol. The minimum Gasteiger partial charge on any atom is -0.385 e. The Balaban J connectivity index is 1.45. The molecule has 2 aromatic rings. The van der Waals surface area contributed by atoms with E-state index in [4.69, 9.17) is 11.6 Å². The molecule has 0 saturated carbocycles. The van der Waals surface area contributed by atoms with Gasteiger partial charge in [0, 0.05) is 42.5 Å². The van der Waals surface area contributed by atoms with Crippen LogP contribution < -0.4 is 14.9 Å². The summed E-state index contributed by atoms with van der Waals surface area (Å²) in [4.78, 5) is 14.7. The summed E-state index contributed by atoms with van der Waals surface area (Å²) in [7, 11) is -3.38. The fourth-order valence-corrected chi connectivity index (χ4v) is 5.17. The van der Waals surface area contributed by atoms with E-state index in [0.29, 0.717) is 37.3 Å². The SMILES string of the molecule is CC(CCNS(=O)(=O)C(C)(C)C)CC(=O)Nc1ccc(N2CCC(O)(c3ccc(Cl)cc3)CC2)cc1. The van der Waals surface area contributed by atoms with Crippen LogP contribution in [0.4, 0.5) is 11.4 Å². The zero-order valence-electron chi connectivity index (χ0n) is 21.6. The number of carbonyl (C=O) groups excluding carboxylic acids is 1. The third kappa shape index (κ3) is 7.44. The van der Waals surface area contributed by atoms with Crippen LogP contribution >= 0.6 is 11.6 Å². The summed E-state index contributed by atoms with van der Waals surface area (Å²) in [5.74, 6) is -0.0559. The van der Waals surface area contributed by atoms with Gasteiger partial charge in [-0.1, -0.05) is 30.7 Å². The number of sulfonamides is 1. The molecule has 1 saturated heterocycles. The number of anilines is 2. The first-order valence-electron chi connectivity index (χ1n) is 12.4. The Kier molecular flexibility index (Phi) is 9.09. The summed E-state index contributed by atoms with van der Waals surface area (Å²) in [6.07, 6.45) is 2.14. The third-order valence-electron chi connectivity index (χ3n) is 6.76. The zero-order chi connectivity index (χ0) is 26.6. The van der Waals surface area contributed by atoms with Crippen LogP contribution in [0.3, 0.4) is 0 Å². The van der Waals surface area contributed by atoms with Crippen LogP contribution in [0, 0.1) is 5.92 Å². The molecule has 9 heteroatoms. The van der Waals surface area contributed by atoms with E-state index in [0.717, 1.165) is 30.0 Å². The van der Waals surface area contributed by atoms with Crippen molar-refractivity contribution in [1.29, 1.82) is 0 Å². The molecular formula is C27H38ClN3O4S. The fourth-order valence-electron chi connectivity index (χ4n) is 4.23. The number of amides is 1. The molecule has 1 atom stereocenters. The molecule has 1 unspecified atom stereocenters. The van der Waals surface area contributed by atoms with Gasteiger partial charge >= 0.3 is 0 Å². The Morgan fingerprint density at radius 3 is 2.22 bits per heavy atom. The van der Waals surface area contributed by atoms with E-state index >= 15 is 0 Å². The molecule has 3 rings (SSSR count). The minimum atomic E-state index is -3.38. The lowest BCUT2D eigenvalue weighted by atomic mass is 9.84. The molecule has 1 aliphatic rings. The molecule has 1 heterocycles. The fraction of sp³-hybridized carbons (Fsp3) is 0.519. The van der Waals surface area contributed by atoms with E-state index in [9.17, 15) is 18.3 Å². The van der Waals surface area contributed by atoms with Crippen LogP contribution in [-0.4, -0.2) is 43.8 Å². The molecule has 198 valence electrons. The molecule has 0 bridgehead atoms. The van der Waals surface area contributed by atoms with Crippen molar-refractivity contribution in [3.05, 3.63) is 59.1 Å². The van der Waals surface area contributed by atoms with Gasteiger partial charge in [0.1, 0.15) is 0 Å². The summed E-state index contributed by atoms with van der Waals surface area (Å²) in [6.45, 7) is 8.67. The second-order valence-electron chi connectivity index (χ2n) is 10.7. The molecule has 0 aromatic heterocycles. The van der Waals surface area contributed by atoms with Gasteiger partial charge < -0.3 is 15.3 Å². The number of piperidine rings is 1. The highest BCUT2D eigenvalue weighted by molar-refractivity contribution is 7.90. The van der Waals surface area contributed by atoms with Gasteiger partial charge in [0.15, 0.2) is 0 Å². The van der Waals surface area contributed by atoms with Crippen molar-refractivity contribution < 1.29 is 18.3 Å². The number of hydrogen-bond donors (Lipinski definition) is 3. The molecular weight excluding hydrogens is 498 g/mol. The van der Waals surface area contributed by atoms with Crippen LogP contribution in [0.5, 0.6) is 0 Å². The number of benzene rings is 2. The van der Waals surface area contributed by atoms with Crippen LogP contribution in [0.25, 0.3) is 0 Å². The van der Waals surface area contributed by atoms with Gasteiger partial charge in [-0.05, 0) is 87.9 Å². The highest BCUT2D eigenvalue weighted by Gasteiger charge is 2.34. The molecule has 7 nitrogen and oxygen atoms in total. The second kappa shape index (κ2) is 11.5. The van der Waals surface area contributed by atoms with Crippen LogP contribution in [0.15, 0.2) is 48.5 Å². The molecule has 1 amide bonds. The Bertz CT molecular complexity index is 1120. The summed E-state index contributed by atoms with van der Waals surface area (Å²) in [6, 6.07) is 15.1. The first kappa shape index (κ1) is 28.4. The van der Waals surface area contributed by atoms with Crippen molar-refractivity contribution in [2.24, 2.45) is 5.92 Å². The van der Waals surface area contributed by atoms with Crippen molar-refractivity contribution in [2.75, 3.05) is 29.9 Å². The number of halogens is 1. The van der Waals surface area contributed by atoms with Crippen molar-refractivity contribution >= 4 is 38.9 Å². The van der Waals surface area contributed by atoms with Gasteiger partial charge in [-0.3, -0.25) is 4.79 Å². The van der Waals surface area contributed by atoms with E-state index in [1.165, 1.54) is 0 Å². The van der Waals surface area contributed by atoms with E-state index in [-0.39, 0.29) is 11.8 Å². The predicted octanol–water partition coefficient (Wildman–Crippen LogP) is 4.90. The largest absolute Gasteiger partial charge is 0.385 e. The number of carbonyl (C=O) groups is 1. The number of nitrogens with one attached hydrogen (secondary N) is 2. The van der Waals surface area contributed by atoms with E-state index < -0.39 is 20.4 Å². The molecule has 2 aromatic carbocycles.